The Labute approximate surface area is 146 Å². The van der Waals surface area contributed by atoms with Crippen LogP contribution in [-0.4, -0.2) is 40.4 Å². The Kier molecular flexibility index (Phi) is 5.53. The van der Waals surface area contributed by atoms with Crippen molar-refractivity contribution in [2.75, 3.05) is 19.8 Å². The lowest BCUT2D eigenvalue weighted by Gasteiger charge is -2.05. The molecule has 2 aromatic carbocycles. The molecule has 0 fully saturated rings. The molecule has 1 heterocycles. The van der Waals surface area contributed by atoms with Gasteiger partial charge in [-0.25, -0.2) is 9.67 Å². The second-order valence-electron chi connectivity index (χ2n) is 5.33. The van der Waals surface area contributed by atoms with Gasteiger partial charge in [-0.05, 0) is 19.1 Å². The fourth-order valence-electron chi connectivity index (χ4n) is 2.39. The average molecular weight is 336 g/mol. The molecule has 25 heavy (non-hydrogen) atoms. The van der Waals surface area contributed by atoms with E-state index in [1.165, 1.54) is 0 Å². The summed E-state index contributed by atoms with van der Waals surface area (Å²) in [5.74, 6) is 0.451. The summed E-state index contributed by atoms with van der Waals surface area (Å²) in [5, 5.41) is 7.18. The highest BCUT2D eigenvalue weighted by Gasteiger charge is 2.18. The van der Waals surface area contributed by atoms with Gasteiger partial charge in [-0.1, -0.05) is 48.5 Å². The normalized spacial score (nSPS) is 10.6. The monoisotopic (exact) mass is 336 g/mol. The van der Waals surface area contributed by atoms with Crippen molar-refractivity contribution in [3.05, 3.63) is 66.5 Å². The maximum absolute atomic E-state index is 12.3. The van der Waals surface area contributed by atoms with E-state index < -0.39 is 0 Å². The van der Waals surface area contributed by atoms with Gasteiger partial charge in [0.1, 0.15) is 0 Å². The van der Waals surface area contributed by atoms with Crippen LogP contribution < -0.4 is 5.32 Å². The molecule has 0 aliphatic heterocycles. The van der Waals surface area contributed by atoms with Crippen LogP contribution in [0.25, 0.3) is 17.1 Å². The Hall–Kier alpha value is -2.99. The van der Waals surface area contributed by atoms with E-state index in [0.717, 1.165) is 11.3 Å². The highest BCUT2D eigenvalue weighted by atomic mass is 16.5. The van der Waals surface area contributed by atoms with Gasteiger partial charge >= 0.3 is 0 Å². The first-order chi connectivity index (χ1) is 12.3. The lowest BCUT2D eigenvalue weighted by Crippen LogP contribution is -2.28. The van der Waals surface area contributed by atoms with Crippen molar-refractivity contribution >= 4 is 5.91 Å². The molecule has 0 saturated carbocycles. The van der Waals surface area contributed by atoms with Crippen LogP contribution in [0.1, 0.15) is 17.5 Å². The molecule has 128 valence electrons. The van der Waals surface area contributed by atoms with Crippen LogP contribution in [0.5, 0.6) is 0 Å². The molecule has 0 aliphatic carbocycles. The van der Waals surface area contributed by atoms with Crippen molar-refractivity contribution in [2.24, 2.45) is 0 Å². The number of rotatable bonds is 7. The molecular weight excluding hydrogens is 316 g/mol. The van der Waals surface area contributed by atoms with Crippen LogP contribution in [0.4, 0.5) is 0 Å². The Morgan fingerprint density at radius 3 is 2.44 bits per heavy atom. The SMILES string of the molecule is CCOCCNC(=O)c1nc(-c2ccccc2)n(-c2ccccc2)n1. The zero-order valence-electron chi connectivity index (χ0n) is 14.1. The lowest BCUT2D eigenvalue weighted by atomic mass is 10.2. The minimum Gasteiger partial charge on any atom is -0.380 e. The third-order valence-electron chi connectivity index (χ3n) is 3.58. The highest BCUT2D eigenvalue weighted by molar-refractivity contribution is 5.91. The minimum atomic E-state index is -0.313. The summed E-state index contributed by atoms with van der Waals surface area (Å²) < 4.78 is 6.91. The fourth-order valence-corrected chi connectivity index (χ4v) is 2.39. The van der Waals surface area contributed by atoms with Gasteiger partial charge < -0.3 is 10.1 Å². The smallest absolute Gasteiger partial charge is 0.291 e. The van der Waals surface area contributed by atoms with E-state index in [9.17, 15) is 4.79 Å². The van der Waals surface area contributed by atoms with Gasteiger partial charge in [-0.2, -0.15) is 0 Å². The number of carbonyl (C=O) groups excluding carboxylic acids is 1. The van der Waals surface area contributed by atoms with Crippen molar-refractivity contribution in [2.45, 2.75) is 6.92 Å². The Balaban J connectivity index is 1.91. The molecule has 0 atom stereocenters. The molecule has 0 saturated heterocycles. The lowest BCUT2D eigenvalue weighted by molar-refractivity contribution is 0.0912. The summed E-state index contributed by atoms with van der Waals surface area (Å²) in [4.78, 5) is 16.8. The van der Waals surface area contributed by atoms with Gasteiger partial charge in [0.15, 0.2) is 5.82 Å². The van der Waals surface area contributed by atoms with Gasteiger partial charge in [0.25, 0.3) is 5.91 Å². The second-order valence-corrected chi connectivity index (χ2v) is 5.33. The molecule has 6 nitrogen and oxygen atoms in total. The quantitative estimate of drug-likeness (QED) is 0.674. The van der Waals surface area contributed by atoms with Gasteiger partial charge in [0.05, 0.1) is 12.3 Å². The molecule has 1 amide bonds. The Morgan fingerprint density at radius 1 is 1.08 bits per heavy atom. The number of nitrogens with one attached hydrogen (secondary N) is 1. The molecule has 1 N–H and O–H groups in total. The molecule has 6 heteroatoms. The second kappa shape index (κ2) is 8.21. The fraction of sp³-hybridized carbons (Fsp3) is 0.211. The van der Waals surface area contributed by atoms with Gasteiger partial charge in [-0.3, -0.25) is 4.79 Å². The number of aromatic nitrogens is 3. The standard InChI is InChI=1S/C19H20N4O2/c1-2-25-14-13-20-19(24)17-21-18(15-9-5-3-6-10-15)23(22-17)16-11-7-4-8-12-16/h3-12H,2,13-14H2,1H3,(H,20,24). The number of hydrogen-bond acceptors (Lipinski definition) is 4. The first kappa shape index (κ1) is 16.9. The molecule has 3 aromatic rings. The number of amides is 1. The van der Waals surface area contributed by atoms with Gasteiger partial charge in [-0.15, -0.1) is 5.10 Å². The molecule has 0 bridgehead atoms. The molecule has 0 unspecified atom stereocenters. The number of hydrogen-bond donors (Lipinski definition) is 1. The Bertz CT molecular complexity index is 759. The highest BCUT2D eigenvalue weighted by Crippen LogP contribution is 2.20. The van der Waals surface area contributed by atoms with Crippen molar-refractivity contribution in [3.8, 4) is 17.1 Å². The first-order valence-corrected chi connectivity index (χ1v) is 8.23. The van der Waals surface area contributed by atoms with Crippen LogP contribution in [-0.2, 0) is 4.74 Å². The summed E-state index contributed by atoms with van der Waals surface area (Å²) in [6.45, 7) is 3.42. The van der Waals surface area contributed by atoms with Crippen LogP contribution in [0.2, 0.25) is 0 Å². The van der Waals surface area contributed by atoms with E-state index in [1.807, 2.05) is 67.6 Å². The van der Waals surface area contributed by atoms with Crippen LogP contribution in [0.3, 0.4) is 0 Å². The average Bonchev–Trinajstić information content (AvgIpc) is 3.12. The van der Waals surface area contributed by atoms with E-state index >= 15 is 0 Å². The topological polar surface area (TPSA) is 69.0 Å². The summed E-state index contributed by atoms with van der Waals surface area (Å²) in [6.07, 6.45) is 0. The largest absolute Gasteiger partial charge is 0.380 e. The predicted molar refractivity (Wildman–Crippen MR) is 95.6 cm³/mol. The van der Waals surface area contributed by atoms with Crippen molar-refractivity contribution in [3.63, 3.8) is 0 Å². The van der Waals surface area contributed by atoms with E-state index in [1.54, 1.807) is 4.68 Å². The predicted octanol–water partition coefficient (Wildman–Crippen LogP) is 2.70. The van der Waals surface area contributed by atoms with Crippen molar-refractivity contribution < 1.29 is 9.53 Å². The Morgan fingerprint density at radius 2 is 1.76 bits per heavy atom. The number of ether oxygens (including phenoxy) is 1. The molecule has 1 aromatic heterocycles. The third kappa shape index (κ3) is 4.10. The zero-order chi connectivity index (χ0) is 17.5. The van der Waals surface area contributed by atoms with E-state index in [-0.39, 0.29) is 11.7 Å². The van der Waals surface area contributed by atoms with Crippen molar-refractivity contribution in [1.82, 2.24) is 20.1 Å². The molecule has 0 aliphatic rings. The summed E-state index contributed by atoms with van der Waals surface area (Å²) in [6, 6.07) is 19.3. The number of nitrogens with zero attached hydrogens (tertiary/aromatic N) is 3. The first-order valence-electron chi connectivity index (χ1n) is 8.23. The van der Waals surface area contributed by atoms with Crippen molar-refractivity contribution in [1.29, 1.82) is 0 Å². The maximum atomic E-state index is 12.3. The number of carbonyl (C=O) groups is 1. The molecular formula is C19H20N4O2. The zero-order valence-corrected chi connectivity index (χ0v) is 14.1. The molecule has 3 rings (SSSR count). The molecule has 0 radical (unpaired) electrons. The minimum absolute atomic E-state index is 0.138. The van der Waals surface area contributed by atoms with Gasteiger partial charge in [0, 0.05) is 18.7 Å². The van der Waals surface area contributed by atoms with E-state index in [0.29, 0.717) is 25.6 Å². The summed E-state index contributed by atoms with van der Waals surface area (Å²) in [5.41, 5.74) is 1.74. The van der Waals surface area contributed by atoms with E-state index in [4.69, 9.17) is 4.74 Å². The summed E-state index contributed by atoms with van der Waals surface area (Å²) >= 11 is 0. The third-order valence-corrected chi connectivity index (χ3v) is 3.58. The van der Waals surface area contributed by atoms with Crippen LogP contribution >= 0.6 is 0 Å². The van der Waals surface area contributed by atoms with E-state index in [2.05, 4.69) is 15.4 Å². The van der Waals surface area contributed by atoms with Crippen LogP contribution in [0.15, 0.2) is 60.7 Å². The van der Waals surface area contributed by atoms with Gasteiger partial charge in [0.2, 0.25) is 5.82 Å². The molecule has 0 spiro atoms. The summed E-state index contributed by atoms with van der Waals surface area (Å²) in [7, 11) is 0. The van der Waals surface area contributed by atoms with Crippen LogP contribution in [0, 0.1) is 0 Å². The maximum Gasteiger partial charge on any atom is 0.291 e. The number of benzene rings is 2. The number of para-hydroxylation sites is 1.